The van der Waals surface area contributed by atoms with E-state index >= 15 is 0 Å². The van der Waals surface area contributed by atoms with Gasteiger partial charge in [-0.15, -0.1) is 23.1 Å². The zero-order chi connectivity index (χ0) is 15.2. The van der Waals surface area contributed by atoms with Crippen LogP contribution in [-0.2, 0) is 4.79 Å². The van der Waals surface area contributed by atoms with Crippen molar-refractivity contribution in [1.29, 1.82) is 0 Å². The third-order valence-electron chi connectivity index (χ3n) is 2.71. The summed E-state index contributed by atoms with van der Waals surface area (Å²) in [5, 5.41) is 16.1. The van der Waals surface area contributed by atoms with Gasteiger partial charge in [0.25, 0.3) is 0 Å². The number of carbonyl (C=O) groups excluding carboxylic acids is 1. The van der Waals surface area contributed by atoms with Crippen LogP contribution in [0.15, 0.2) is 46.7 Å². The Kier molecular flexibility index (Phi) is 5.24. The molecule has 2 aromatic rings. The predicted molar refractivity (Wildman–Crippen MR) is 85.1 cm³/mol. The molecule has 0 aliphatic heterocycles. The van der Waals surface area contributed by atoms with Gasteiger partial charge >= 0.3 is 12.0 Å². The lowest BCUT2D eigenvalue weighted by Gasteiger charge is -2.15. The monoisotopic (exact) mass is 322 g/mol. The first-order valence-corrected chi connectivity index (χ1v) is 8.19. The number of carboxylic acids is 1. The molecule has 1 unspecified atom stereocenters. The van der Waals surface area contributed by atoms with Gasteiger partial charge in [-0.2, -0.15) is 0 Å². The molecule has 0 fully saturated rings. The van der Waals surface area contributed by atoms with E-state index < -0.39 is 18.0 Å². The average Bonchev–Trinajstić information content (AvgIpc) is 2.99. The number of nitrogens with one attached hydrogen (secondary N) is 2. The number of anilines is 1. The van der Waals surface area contributed by atoms with Crippen LogP contribution >= 0.6 is 23.1 Å². The van der Waals surface area contributed by atoms with E-state index in [-0.39, 0.29) is 0 Å². The molecule has 0 bridgehead atoms. The van der Waals surface area contributed by atoms with Crippen molar-refractivity contribution in [3.05, 3.63) is 46.7 Å². The molecule has 1 aromatic heterocycles. The molecule has 0 saturated heterocycles. The highest BCUT2D eigenvalue weighted by atomic mass is 32.2. The summed E-state index contributed by atoms with van der Waals surface area (Å²) in [5.41, 5.74) is 0.651. The summed E-state index contributed by atoms with van der Waals surface area (Å²) in [5.74, 6) is -1.09. The molecular weight excluding hydrogens is 308 g/mol. The summed E-state index contributed by atoms with van der Waals surface area (Å²) in [4.78, 5) is 24.8. The number of carbonyl (C=O) groups is 2. The highest BCUT2D eigenvalue weighted by Crippen LogP contribution is 2.25. The smallest absolute Gasteiger partial charge is 0.331 e. The second-order valence-corrected chi connectivity index (χ2v) is 5.91. The molecule has 2 rings (SSSR count). The first-order chi connectivity index (χ1) is 10.1. The van der Waals surface area contributed by atoms with E-state index in [1.807, 2.05) is 24.5 Å². The zero-order valence-electron chi connectivity index (χ0n) is 11.2. The van der Waals surface area contributed by atoms with Gasteiger partial charge in [0.1, 0.15) is 0 Å². The van der Waals surface area contributed by atoms with Crippen LogP contribution in [0.25, 0.3) is 0 Å². The molecule has 0 spiro atoms. The molecule has 0 radical (unpaired) electrons. The molecule has 1 atom stereocenters. The third-order valence-corrected chi connectivity index (χ3v) is 4.44. The number of carboxylic acid groups (broad SMARTS) is 1. The van der Waals surface area contributed by atoms with Gasteiger partial charge < -0.3 is 15.7 Å². The van der Waals surface area contributed by atoms with Gasteiger partial charge in [0, 0.05) is 9.77 Å². The van der Waals surface area contributed by atoms with Crippen LogP contribution in [0, 0.1) is 0 Å². The minimum atomic E-state index is -1.09. The van der Waals surface area contributed by atoms with Crippen LogP contribution in [-0.4, -0.2) is 23.4 Å². The van der Waals surface area contributed by atoms with E-state index in [0.29, 0.717) is 10.6 Å². The molecule has 21 heavy (non-hydrogen) atoms. The van der Waals surface area contributed by atoms with Crippen LogP contribution in [0.3, 0.4) is 0 Å². The van der Waals surface area contributed by atoms with Crippen molar-refractivity contribution in [2.24, 2.45) is 0 Å². The molecule has 110 valence electrons. The van der Waals surface area contributed by atoms with Gasteiger partial charge in [-0.25, -0.2) is 9.59 Å². The number of para-hydroxylation sites is 1. The largest absolute Gasteiger partial charge is 0.479 e. The molecular formula is C14H14N2O3S2. The van der Waals surface area contributed by atoms with E-state index in [1.165, 1.54) is 23.1 Å². The lowest BCUT2D eigenvalue weighted by atomic mass is 10.2. The lowest BCUT2D eigenvalue weighted by Crippen LogP contribution is -2.36. The fourth-order valence-corrected chi connectivity index (χ4v) is 3.07. The van der Waals surface area contributed by atoms with E-state index in [9.17, 15) is 14.7 Å². The Morgan fingerprint density at radius 2 is 2.00 bits per heavy atom. The summed E-state index contributed by atoms with van der Waals surface area (Å²) in [6.45, 7) is 0. The molecule has 0 aliphatic carbocycles. The Morgan fingerprint density at radius 3 is 2.62 bits per heavy atom. The van der Waals surface area contributed by atoms with Crippen molar-refractivity contribution >= 4 is 40.8 Å². The maximum absolute atomic E-state index is 12.0. The molecule has 0 aliphatic rings. The van der Waals surface area contributed by atoms with Gasteiger partial charge in [0.15, 0.2) is 6.04 Å². The second-order valence-electron chi connectivity index (χ2n) is 4.09. The highest BCUT2D eigenvalue weighted by molar-refractivity contribution is 7.98. The van der Waals surface area contributed by atoms with Gasteiger partial charge in [-0.05, 0) is 29.8 Å². The van der Waals surface area contributed by atoms with Gasteiger partial charge in [-0.3, -0.25) is 0 Å². The van der Waals surface area contributed by atoms with Crippen molar-refractivity contribution in [2.75, 3.05) is 11.6 Å². The summed E-state index contributed by atoms with van der Waals surface area (Å²) in [6, 6.07) is 9.17. The third kappa shape index (κ3) is 3.99. The molecule has 0 saturated carbocycles. The average molecular weight is 322 g/mol. The number of amides is 2. The first kappa shape index (κ1) is 15.4. The zero-order valence-corrected chi connectivity index (χ0v) is 12.8. The fraction of sp³-hybridized carbons (Fsp3) is 0.143. The highest BCUT2D eigenvalue weighted by Gasteiger charge is 2.23. The number of thioether (sulfide) groups is 1. The summed E-state index contributed by atoms with van der Waals surface area (Å²) in [7, 11) is 0. The quantitative estimate of drug-likeness (QED) is 0.737. The van der Waals surface area contributed by atoms with Crippen molar-refractivity contribution in [1.82, 2.24) is 5.32 Å². The molecule has 1 aromatic carbocycles. The van der Waals surface area contributed by atoms with Crippen molar-refractivity contribution in [3.63, 3.8) is 0 Å². The SMILES string of the molecule is CSc1ccccc1NC(=O)NC(C(=O)O)c1cccs1. The van der Waals surface area contributed by atoms with Crippen molar-refractivity contribution in [2.45, 2.75) is 10.9 Å². The van der Waals surface area contributed by atoms with Crippen LogP contribution in [0.5, 0.6) is 0 Å². The van der Waals surface area contributed by atoms with E-state index in [1.54, 1.807) is 23.6 Å². The van der Waals surface area contributed by atoms with E-state index in [2.05, 4.69) is 10.6 Å². The maximum atomic E-state index is 12.0. The van der Waals surface area contributed by atoms with Gasteiger partial charge in [-0.1, -0.05) is 18.2 Å². The minimum absolute atomic E-state index is 0.544. The first-order valence-electron chi connectivity index (χ1n) is 6.08. The Labute approximate surface area is 130 Å². The lowest BCUT2D eigenvalue weighted by molar-refractivity contribution is -0.139. The number of benzene rings is 1. The van der Waals surface area contributed by atoms with Gasteiger partial charge in [0.05, 0.1) is 5.69 Å². The standard InChI is InChI=1S/C14H14N2O3S2/c1-20-10-6-3-2-5-9(10)15-14(19)16-12(13(17)18)11-7-4-8-21-11/h2-8,12H,1H3,(H,17,18)(H2,15,16,19). The van der Waals surface area contributed by atoms with Crippen molar-refractivity contribution in [3.8, 4) is 0 Å². The summed E-state index contributed by atoms with van der Waals surface area (Å²) < 4.78 is 0. The number of thiophene rings is 1. The van der Waals surface area contributed by atoms with Crippen LogP contribution in [0.2, 0.25) is 0 Å². The van der Waals surface area contributed by atoms with E-state index in [0.717, 1.165) is 4.90 Å². The molecule has 5 nitrogen and oxygen atoms in total. The van der Waals surface area contributed by atoms with Gasteiger partial charge in [0.2, 0.25) is 0 Å². The van der Waals surface area contributed by atoms with E-state index in [4.69, 9.17) is 0 Å². The number of hydrogen-bond acceptors (Lipinski definition) is 4. The normalized spacial score (nSPS) is 11.7. The molecule has 3 N–H and O–H groups in total. The molecule has 2 amide bonds. The number of rotatable bonds is 5. The summed E-state index contributed by atoms with van der Waals surface area (Å²) in [6.07, 6.45) is 1.91. The minimum Gasteiger partial charge on any atom is -0.479 e. The molecule has 1 heterocycles. The number of urea groups is 1. The summed E-state index contributed by atoms with van der Waals surface area (Å²) >= 11 is 2.79. The Morgan fingerprint density at radius 1 is 1.24 bits per heavy atom. The second kappa shape index (κ2) is 7.14. The van der Waals surface area contributed by atoms with Crippen LogP contribution in [0.1, 0.15) is 10.9 Å². The predicted octanol–water partition coefficient (Wildman–Crippen LogP) is 3.42. The number of hydrogen-bond donors (Lipinski definition) is 3. The number of aliphatic carboxylic acids is 1. The van der Waals surface area contributed by atoms with Crippen LogP contribution in [0.4, 0.5) is 10.5 Å². The topological polar surface area (TPSA) is 78.4 Å². The Hall–Kier alpha value is -1.99. The van der Waals surface area contributed by atoms with Crippen LogP contribution < -0.4 is 10.6 Å². The molecule has 7 heteroatoms. The Balaban J connectivity index is 2.08. The maximum Gasteiger partial charge on any atom is 0.331 e. The van der Waals surface area contributed by atoms with Crippen molar-refractivity contribution < 1.29 is 14.7 Å². The fourth-order valence-electron chi connectivity index (χ4n) is 1.75. The Bertz CT molecular complexity index is 629.